The van der Waals surface area contributed by atoms with Gasteiger partial charge in [-0.2, -0.15) is 0 Å². The number of benzene rings is 1. The molecule has 0 atom stereocenters. The molecule has 1 fully saturated rings. The third kappa shape index (κ3) is 2.67. The lowest BCUT2D eigenvalue weighted by atomic mass is 9.64. The van der Waals surface area contributed by atoms with E-state index in [4.69, 9.17) is 0 Å². The van der Waals surface area contributed by atoms with Crippen LogP contribution >= 0.6 is 15.9 Å². The van der Waals surface area contributed by atoms with E-state index in [1.165, 1.54) is 5.56 Å². The van der Waals surface area contributed by atoms with Gasteiger partial charge in [-0.15, -0.1) is 0 Å². The van der Waals surface area contributed by atoms with Gasteiger partial charge in [0.05, 0.1) is 5.60 Å². The normalized spacial score (nSPS) is 29.2. The summed E-state index contributed by atoms with van der Waals surface area (Å²) in [6.45, 7) is 4.48. The summed E-state index contributed by atoms with van der Waals surface area (Å²) in [6.07, 6.45) is 2.70. The lowest BCUT2D eigenvalue weighted by Crippen LogP contribution is -2.47. The molecule has 1 N–H and O–H groups in total. The first-order chi connectivity index (χ1) is 7.48. The molecule has 0 amide bonds. The minimum Gasteiger partial charge on any atom is -0.390 e. The highest BCUT2D eigenvalue weighted by molar-refractivity contribution is 9.10. The van der Waals surface area contributed by atoms with Gasteiger partial charge in [0.2, 0.25) is 0 Å². The average molecular weight is 283 g/mol. The fourth-order valence-corrected chi connectivity index (χ4v) is 3.01. The van der Waals surface area contributed by atoms with Crippen LogP contribution in [0.2, 0.25) is 0 Å². The van der Waals surface area contributed by atoms with Crippen molar-refractivity contribution in [1.29, 1.82) is 0 Å². The molecule has 0 spiro atoms. The molecule has 1 saturated carbocycles. The second kappa shape index (κ2) is 4.50. The van der Waals surface area contributed by atoms with Crippen molar-refractivity contribution in [3.8, 4) is 0 Å². The molecule has 88 valence electrons. The van der Waals surface area contributed by atoms with E-state index in [2.05, 4.69) is 41.9 Å². The summed E-state index contributed by atoms with van der Waals surface area (Å²) in [5, 5.41) is 10.4. The van der Waals surface area contributed by atoms with E-state index in [1.54, 1.807) is 0 Å². The number of hydrogen-bond acceptors (Lipinski definition) is 1. The van der Waals surface area contributed by atoms with Gasteiger partial charge in [-0.25, -0.2) is 0 Å². The molecule has 1 aromatic rings. The lowest BCUT2D eigenvalue weighted by Gasteiger charge is -2.46. The Kier molecular flexibility index (Phi) is 3.41. The van der Waals surface area contributed by atoms with Gasteiger partial charge >= 0.3 is 0 Å². The molecule has 1 aliphatic rings. The van der Waals surface area contributed by atoms with Gasteiger partial charge in [0.25, 0.3) is 0 Å². The summed E-state index contributed by atoms with van der Waals surface area (Å²) >= 11 is 3.46. The summed E-state index contributed by atoms with van der Waals surface area (Å²) in [7, 11) is 0. The molecule has 0 unspecified atom stereocenters. The Morgan fingerprint density at radius 2 is 2.12 bits per heavy atom. The van der Waals surface area contributed by atoms with Crippen molar-refractivity contribution >= 4 is 15.9 Å². The first kappa shape index (κ1) is 12.1. The maximum atomic E-state index is 10.4. The van der Waals surface area contributed by atoms with E-state index < -0.39 is 5.60 Å². The predicted molar refractivity (Wildman–Crippen MR) is 70.4 cm³/mol. The molecular weight excluding hydrogens is 264 g/mol. The third-order valence-electron chi connectivity index (χ3n) is 3.65. The van der Waals surface area contributed by atoms with Crippen molar-refractivity contribution in [2.24, 2.45) is 11.8 Å². The molecule has 0 radical (unpaired) electrons. The Morgan fingerprint density at radius 1 is 1.44 bits per heavy atom. The highest BCUT2D eigenvalue weighted by Gasteiger charge is 2.43. The molecule has 0 bridgehead atoms. The van der Waals surface area contributed by atoms with Gasteiger partial charge in [0.15, 0.2) is 0 Å². The van der Waals surface area contributed by atoms with Crippen LogP contribution in [0.4, 0.5) is 0 Å². The fourth-order valence-electron chi connectivity index (χ4n) is 2.56. The minimum atomic E-state index is -0.449. The van der Waals surface area contributed by atoms with Crippen LogP contribution in [0, 0.1) is 11.8 Å². The third-order valence-corrected chi connectivity index (χ3v) is 4.14. The number of hydrogen-bond donors (Lipinski definition) is 1. The smallest absolute Gasteiger partial charge is 0.0693 e. The molecule has 2 rings (SSSR count). The van der Waals surface area contributed by atoms with Crippen LogP contribution in [0.1, 0.15) is 32.3 Å². The molecule has 0 heterocycles. The first-order valence-corrected chi connectivity index (χ1v) is 6.75. The highest BCUT2D eigenvalue weighted by atomic mass is 79.9. The van der Waals surface area contributed by atoms with Gasteiger partial charge in [0.1, 0.15) is 0 Å². The second-order valence-electron chi connectivity index (χ2n) is 5.44. The zero-order valence-corrected chi connectivity index (χ0v) is 11.5. The van der Waals surface area contributed by atoms with Gasteiger partial charge in [-0.1, -0.05) is 41.9 Å². The van der Waals surface area contributed by atoms with Gasteiger partial charge < -0.3 is 5.11 Å². The van der Waals surface area contributed by atoms with Crippen LogP contribution in [-0.2, 0) is 6.42 Å². The van der Waals surface area contributed by atoms with Crippen molar-refractivity contribution in [1.82, 2.24) is 0 Å². The minimum absolute atomic E-state index is 0.449. The summed E-state index contributed by atoms with van der Waals surface area (Å²) in [5.74, 6) is 1.40. The van der Waals surface area contributed by atoms with Crippen LogP contribution in [-0.4, -0.2) is 10.7 Å². The van der Waals surface area contributed by atoms with Crippen molar-refractivity contribution in [2.45, 2.75) is 38.7 Å². The monoisotopic (exact) mass is 282 g/mol. The number of halogens is 1. The predicted octanol–water partition coefficient (Wildman–Crippen LogP) is 3.79. The maximum Gasteiger partial charge on any atom is 0.0693 e. The van der Waals surface area contributed by atoms with E-state index in [0.717, 1.165) is 23.7 Å². The van der Waals surface area contributed by atoms with E-state index in [9.17, 15) is 5.11 Å². The molecule has 16 heavy (non-hydrogen) atoms. The summed E-state index contributed by atoms with van der Waals surface area (Å²) in [5.41, 5.74) is 0.773. The average Bonchev–Trinajstić information content (AvgIpc) is 2.13. The Morgan fingerprint density at radius 3 is 2.69 bits per heavy atom. The van der Waals surface area contributed by atoms with Crippen LogP contribution in [0.5, 0.6) is 0 Å². The standard InChI is InChI=1S/C14H19BrO/c1-10(2)12-8-14(16,9-12)7-11-4-3-5-13(15)6-11/h3-6,10,12,16H,7-9H2,1-2H3. The molecule has 0 aromatic heterocycles. The highest BCUT2D eigenvalue weighted by Crippen LogP contribution is 2.44. The fraction of sp³-hybridized carbons (Fsp3) is 0.571. The van der Waals surface area contributed by atoms with Crippen molar-refractivity contribution < 1.29 is 5.11 Å². The van der Waals surface area contributed by atoms with Crippen LogP contribution in [0.15, 0.2) is 28.7 Å². The number of rotatable bonds is 3. The number of aliphatic hydroxyl groups is 1. The Hall–Kier alpha value is -0.340. The topological polar surface area (TPSA) is 20.2 Å². The van der Waals surface area contributed by atoms with E-state index >= 15 is 0 Å². The Balaban J connectivity index is 1.96. The molecule has 1 aliphatic carbocycles. The van der Waals surface area contributed by atoms with Crippen molar-refractivity contribution in [2.75, 3.05) is 0 Å². The molecule has 0 saturated heterocycles. The maximum absolute atomic E-state index is 10.4. The molecule has 0 aliphatic heterocycles. The molecule has 1 aromatic carbocycles. The Bertz CT molecular complexity index is 367. The zero-order chi connectivity index (χ0) is 11.8. The van der Waals surface area contributed by atoms with Crippen LogP contribution in [0.25, 0.3) is 0 Å². The summed E-state index contributed by atoms with van der Waals surface area (Å²) < 4.78 is 1.09. The van der Waals surface area contributed by atoms with Crippen molar-refractivity contribution in [3.05, 3.63) is 34.3 Å². The van der Waals surface area contributed by atoms with Gasteiger partial charge in [-0.3, -0.25) is 0 Å². The molecular formula is C14H19BrO. The zero-order valence-electron chi connectivity index (χ0n) is 9.91. The Labute approximate surface area is 106 Å². The quantitative estimate of drug-likeness (QED) is 0.894. The van der Waals surface area contributed by atoms with Crippen LogP contribution < -0.4 is 0 Å². The van der Waals surface area contributed by atoms with Gasteiger partial charge in [-0.05, 0) is 42.4 Å². The van der Waals surface area contributed by atoms with E-state index in [0.29, 0.717) is 11.8 Å². The first-order valence-electron chi connectivity index (χ1n) is 5.95. The van der Waals surface area contributed by atoms with Crippen LogP contribution in [0.3, 0.4) is 0 Å². The van der Waals surface area contributed by atoms with E-state index in [1.807, 2.05) is 12.1 Å². The molecule has 1 nitrogen and oxygen atoms in total. The summed E-state index contributed by atoms with van der Waals surface area (Å²) in [4.78, 5) is 0. The van der Waals surface area contributed by atoms with Gasteiger partial charge in [0, 0.05) is 10.9 Å². The lowest BCUT2D eigenvalue weighted by molar-refractivity contribution is -0.0860. The van der Waals surface area contributed by atoms with E-state index in [-0.39, 0.29) is 0 Å². The summed E-state index contributed by atoms with van der Waals surface area (Å²) in [6, 6.07) is 8.23. The second-order valence-corrected chi connectivity index (χ2v) is 6.36. The largest absolute Gasteiger partial charge is 0.390 e. The van der Waals surface area contributed by atoms with Crippen molar-refractivity contribution in [3.63, 3.8) is 0 Å². The molecule has 2 heteroatoms. The SMILES string of the molecule is CC(C)C1CC(O)(Cc2cccc(Br)c2)C1.